The smallest absolute Gasteiger partial charge is 0.241 e. The zero-order valence-corrected chi connectivity index (χ0v) is 16.7. The lowest BCUT2D eigenvalue weighted by atomic mass is 9.97. The summed E-state index contributed by atoms with van der Waals surface area (Å²) in [5.74, 6) is 1.06. The van der Waals surface area contributed by atoms with Crippen LogP contribution in [-0.4, -0.2) is 41.1 Å². The Bertz CT molecular complexity index is 1010. The molecule has 1 N–H and O–H groups in total. The molecule has 30 heavy (non-hydrogen) atoms. The molecule has 1 aliphatic heterocycles. The molecular weight excluding hydrogens is 387 g/mol. The number of para-hydroxylation sites is 2. The second-order valence-corrected chi connectivity index (χ2v) is 7.28. The highest BCUT2D eigenvalue weighted by atomic mass is 19.1. The van der Waals surface area contributed by atoms with Crippen LogP contribution >= 0.6 is 0 Å². The van der Waals surface area contributed by atoms with Crippen molar-refractivity contribution in [2.75, 3.05) is 25.5 Å². The van der Waals surface area contributed by atoms with Crippen LogP contribution in [0, 0.1) is 11.7 Å². The molecule has 1 aromatic heterocycles. The second kappa shape index (κ2) is 9.04. The topological polar surface area (TPSA) is 80.5 Å². The molecule has 156 valence electrons. The minimum Gasteiger partial charge on any atom is -0.495 e. The van der Waals surface area contributed by atoms with Gasteiger partial charge in [-0.15, -0.1) is 0 Å². The predicted octanol–water partition coefficient (Wildman–Crippen LogP) is 3.74. The maximum Gasteiger partial charge on any atom is 0.241 e. The van der Waals surface area contributed by atoms with Gasteiger partial charge in [-0.1, -0.05) is 17.3 Å². The number of nitrogens with zero attached hydrogens (tertiary/aromatic N) is 3. The quantitative estimate of drug-likeness (QED) is 0.667. The summed E-state index contributed by atoms with van der Waals surface area (Å²) < 4.78 is 23.8. The summed E-state index contributed by atoms with van der Waals surface area (Å²) in [6, 6.07) is 13.3. The normalized spacial score (nSPS) is 16.9. The molecule has 0 bridgehead atoms. The van der Waals surface area contributed by atoms with E-state index < -0.39 is 0 Å². The van der Waals surface area contributed by atoms with Gasteiger partial charge in [-0.25, -0.2) is 4.39 Å². The molecule has 7 nitrogen and oxygen atoms in total. The van der Waals surface area contributed by atoms with Gasteiger partial charge < -0.3 is 14.6 Å². The fraction of sp³-hybridized carbons (Fsp3) is 0.318. The van der Waals surface area contributed by atoms with E-state index >= 15 is 0 Å². The average Bonchev–Trinajstić information content (AvgIpc) is 3.23. The first-order chi connectivity index (χ1) is 14.6. The van der Waals surface area contributed by atoms with Crippen LogP contribution in [0.5, 0.6) is 5.75 Å². The Hall–Kier alpha value is -3.26. The fourth-order valence-electron chi connectivity index (χ4n) is 3.62. The number of nitrogens with one attached hydrogen (secondary N) is 1. The second-order valence-electron chi connectivity index (χ2n) is 7.28. The number of carbonyl (C=O) groups excluding carboxylic acids is 1. The molecule has 1 aliphatic rings. The summed E-state index contributed by atoms with van der Waals surface area (Å²) in [5, 5.41) is 6.96. The fourth-order valence-corrected chi connectivity index (χ4v) is 3.62. The summed E-state index contributed by atoms with van der Waals surface area (Å²) >= 11 is 0. The number of amides is 1. The van der Waals surface area contributed by atoms with Crippen molar-refractivity contribution in [3.05, 3.63) is 60.2 Å². The Morgan fingerprint density at radius 2 is 2.07 bits per heavy atom. The molecule has 2 heterocycles. The molecule has 0 aliphatic carbocycles. The van der Waals surface area contributed by atoms with Gasteiger partial charge in [-0.3, -0.25) is 9.69 Å². The molecule has 2 aromatic carbocycles. The molecular formula is C22H23FN4O3. The van der Waals surface area contributed by atoms with Crippen LogP contribution in [0.15, 0.2) is 53.1 Å². The number of piperidine rings is 1. The van der Waals surface area contributed by atoms with E-state index in [1.165, 1.54) is 12.1 Å². The van der Waals surface area contributed by atoms with Gasteiger partial charge in [0.05, 0.1) is 25.3 Å². The maximum absolute atomic E-state index is 13.1. The summed E-state index contributed by atoms with van der Waals surface area (Å²) in [6.07, 6.45) is 1.73. The van der Waals surface area contributed by atoms with E-state index in [9.17, 15) is 9.18 Å². The molecule has 3 aromatic rings. The number of likely N-dealkylation sites (tertiary alicyclic amines) is 1. The maximum atomic E-state index is 13.1. The molecule has 0 saturated carbocycles. The first kappa shape index (κ1) is 20.0. The van der Waals surface area contributed by atoms with Crippen LogP contribution in [-0.2, 0) is 11.3 Å². The number of aromatic nitrogens is 2. The lowest BCUT2D eigenvalue weighted by Gasteiger charge is -2.31. The molecule has 1 amide bonds. The van der Waals surface area contributed by atoms with Crippen LogP contribution in [0.1, 0.15) is 18.7 Å². The van der Waals surface area contributed by atoms with Gasteiger partial charge in [0.1, 0.15) is 11.6 Å². The van der Waals surface area contributed by atoms with Crippen LogP contribution in [0.2, 0.25) is 0 Å². The Morgan fingerprint density at radius 3 is 2.87 bits per heavy atom. The van der Waals surface area contributed by atoms with E-state index in [1.807, 2.05) is 24.3 Å². The van der Waals surface area contributed by atoms with E-state index in [2.05, 4.69) is 20.4 Å². The van der Waals surface area contributed by atoms with Crippen molar-refractivity contribution in [3.63, 3.8) is 0 Å². The van der Waals surface area contributed by atoms with Gasteiger partial charge in [0.25, 0.3) is 0 Å². The predicted molar refractivity (Wildman–Crippen MR) is 109 cm³/mol. The molecule has 1 saturated heterocycles. The highest BCUT2D eigenvalue weighted by Crippen LogP contribution is 2.26. The van der Waals surface area contributed by atoms with Crippen LogP contribution in [0.3, 0.4) is 0 Å². The van der Waals surface area contributed by atoms with Crippen molar-refractivity contribution in [2.45, 2.75) is 19.4 Å². The van der Waals surface area contributed by atoms with Gasteiger partial charge in [-0.05, 0) is 55.8 Å². The number of carbonyl (C=O) groups is 1. The SMILES string of the molecule is COc1ccccc1NC(=O)C1CCCN(Cc2nc(-c3ccc(F)cc3)no2)C1. The molecule has 8 heteroatoms. The molecule has 1 atom stereocenters. The summed E-state index contributed by atoms with van der Waals surface area (Å²) in [6.45, 7) is 1.93. The minimum absolute atomic E-state index is 0.0262. The zero-order valence-electron chi connectivity index (χ0n) is 16.7. The van der Waals surface area contributed by atoms with Crippen molar-refractivity contribution < 1.29 is 18.4 Å². The Kier molecular flexibility index (Phi) is 6.04. The van der Waals surface area contributed by atoms with Crippen molar-refractivity contribution in [1.29, 1.82) is 0 Å². The zero-order chi connectivity index (χ0) is 20.9. The van der Waals surface area contributed by atoms with Crippen LogP contribution < -0.4 is 10.1 Å². The van der Waals surface area contributed by atoms with Crippen molar-refractivity contribution in [2.24, 2.45) is 5.92 Å². The molecule has 1 fully saturated rings. The van der Waals surface area contributed by atoms with E-state index in [1.54, 1.807) is 19.2 Å². The summed E-state index contributed by atoms with van der Waals surface area (Å²) in [7, 11) is 1.58. The lowest BCUT2D eigenvalue weighted by Crippen LogP contribution is -2.40. The number of halogens is 1. The Morgan fingerprint density at radius 1 is 1.27 bits per heavy atom. The van der Waals surface area contributed by atoms with Crippen molar-refractivity contribution in [3.8, 4) is 17.1 Å². The van der Waals surface area contributed by atoms with Gasteiger partial charge >= 0.3 is 0 Å². The number of hydrogen-bond acceptors (Lipinski definition) is 6. The first-order valence-electron chi connectivity index (χ1n) is 9.87. The van der Waals surface area contributed by atoms with Crippen molar-refractivity contribution in [1.82, 2.24) is 15.0 Å². The number of ether oxygens (including phenoxy) is 1. The monoisotopic (exact) mass is 410 g/mol. The average molecular weight is 410 g/mol. The highest BCUT2D eigenvalue weighted by molar-refractivity contribution is 5.94. The third-order valence-corrected chi connectivity index (χ3v) is 5.17. The number of benzene rings is 2. The summed E-state index contributed by atoms with van der Waals surface area (Å²) in [4.78, 5) is 19.3. The third kappa shape index (κ3) is 4.65. The number of rotatable bonds is 6. The number of hydrogen-bond donors (Lipinski definition) is 1. The van der Waals surface area contributed by atoms with Gasteiger partial charge in [0.2, 0.25) is 17.6 Å². The van der Waals surface area contributed by atoms with Gasteiger partial charge in [0, 0.05) is 12.1 Å². The van der Waals surface area contributed by atoms with E-state index in [4.69, 9.17) is 9.26 Å². The minimum atomic E-state index is -0.312. The molecule has 0 spiro atoms. The number of methoxy groups -OCH3 is 1. The van der Waals surface area contributed by atoms with Gasteiger partial charge in [-0.2, -0.15) is 4.98 Å². The van der Waals surface area contributed by atoms with Crippen LogP contribution in [0.4, 0.5) is 10.1 Å². The molecule has 1 unspecified atom stereocenters. The van der Waals surface area contributed by atoms with E-state index in [0.29, 0.717) is 41.8 Å². The van der Waals surface area contributed by atoms with E-state index in [-0.39, 0.29) is 17.6 Å². The van der Waals surface area contributed by atoms with Gasteiger partial charge in [0.15, 0.2) is 0 Å². The molecule has 0 radical (unpaired) electrons. The van der Waals surface area contributed by atoms with E-state index in [0.717, 1.165) is 19.4 Å². The summed E-state index contributed by atoms with van der Waals surface area (Å²) in [5.41, 5.74) is 1.36. The molecule has 4 rings (SSSR count). The van der Waals surface area contributed by atoms with Crippen molar-refractivity contribution >= 4 is 11.6 Å². The largest absolute Gasteiger partial charge is 0.495 e. The number of anilines is 1. The standard InChI is InChI=1S/C22H23FN4O3/c1-29-19-7-3-2-6-18(19)24-22(28)16-5-4-12-27(13-16)14-20-25-21(26-30-20)15-8-10-17(23)11-9-15/h2-3,6-11,16H,4-5,12-14H2,1H3,(H,24,28). The lowest BCUT2D eigenvalue weighted by molar-refractivity contribution is -0.121. The highest BCUT2D eigenvalue weighted by Gasteiger charge is 2.27. The Labute approximate surface area is 173 Å². The third-order valence-electron chi connectivity index (χ3n) is 5.17. The Balaban J connectivity index is 1.37. The first-order valence-corrected chi connectivity index (χ1v) is 9.87. The van der Waals surface area contributed by atoms with Crippen LogP contribution in [0.25, 0.3) is 11.4 Å².